The molecule has 1 rings (SSSR count). The van der Waals surface area contributed by atoms with Gasteiger partial charge in [0.15, 0.2) is 5.78 Å². The molecule has 0 fully saturated rings. The van der Waals surface area contributed by atoms with E-state index < -0.39 is 0 Å². The van der Waals surface area contributed by atoms with Gasteiger partial charge in [0, 0.05) is 12.5 Å². The molecule has 1 aromatic carbocycles. The third-order valence-corrected chi connectivity index (χ3v) is 2.97. The van der Waals surface area contributed by atoms with Gasteiger partial charge in [0.2, 0.25) is 0 Å². The van der Waals surface area contributed by atoms with Crippen LogP contribution < -0.4 is 0 Å². The zero-order valence-electron chi connectivity index (χ0n) is 11.4. The van der Waals surface area contributed by atoms with E-state index in [1.807, 2.05) is 0 Å². The maximum Gasteiger partial charge on any atom is 0.151 e. The van der Waals surface area contributed by atoms with Gasteiger partial charge in [-0.25, -0.2) is 4.39 Å². The highest BCUT2D eigenvalue weighted by molar-refractivity contribution is 5.82. The minimum absolute atomic E-state index is 0.0715. The standard InChI is InChI=1S/C15H22FNO/c1-4-9-17(12(2)3)11-14(18)10-13-7-5-6-8-15(13)16/h5-8,12H,4,9-11H2,1-3H3. The van der Waals surface area contributed by atoms with E-state index in [0.717, 1.165) is 13.0 Å². The molecule has 0 saturated carbocycles. The second-order valence-corrected chi connectivity index (χ2v) is 4.87. The lowest BCUT2D eigenvalue weighted by Gasteiger charge is -2.25. The van der Waals surface area contributed by atoms with E-state index in [4.69, 9.17) is 0 Å². The molecule has 100 valence electrons. The van der Waals surface area contributed by atoms with Gasteiger partial charge in [0.1, 0.15) is 5.82 Å². The Hall–Kier alpha value is -1.22. The van der Waals surface area contributed by atoms with Gasteiger partial charge in [-0.2, -0.15) is 0 Å². The van der Waals surface area contributed by atoms with Crippen molar-refractivity contribution in [1.29, 1.82) is 0 Å². The highest BCUT2D eigenvalue weighted by Crippen LogP contribution is 2.08. The average Bonchev–Trinajstić information content (AvgIpc) is 2.31. The Morgan fingerprint density at radius 1 is 1.33 bits per heavy atom. The Balaban J connectivity index is 2.58. The monoisotopic (exact) mass is 251 g/mol. The van der Waals surface area contributed by atoms with Crippen LogP contribution >= 0.6 is 0 Å². The van der Waals surface area contributed by atoms with E-state index in [1.165, 1.54) is 6.07 Å². The summed E-state index contributed by atoms with van der Waals surface area (Å²) in [6, 6.07) is 6.81. The smallest absolute Gasteiger partial charge is 0.151 e. The third-order valence-electron chi connectivity index (χ3n) is 2.97. The number of ketones is 1. The van der Waals surface area contributed by atoms with Gasteiger partial charge >= 0.3 is 0 Å². The number of hydrogen-bond donors (Lipinski definition) is 0. The largest absolute Gasteiger partial charge is 0.298 e. The van der Waals surface area contributed by atoms with Gasteiger partial charge in [-0.1, -0.05) is 25.1 Å². The molecule has 0 heterocycles. The van der Waals surface area contributed by atoms with Crippen molar-refractivity contribution in [2.45, 2.75) is 39.7 Å². The van der Waals surface area contributed by atoms with E-state index in [9.17, 15) is 9.18 Å². The summed E-state index contributed by atoms with van der Waals surface area (Å²) in [4.78, 5) is 14.1. The quantitative estimate of drug-likeness (QED) is 0.742. The fourth-order valence-corrected chi connectivity index (χ4v) is 1.94. The predicted octanol–water partition coefficient (Wildman–Crippen LogP) is 3.06. The number of nitrogens with zero attached hydrogens (tertiary/aromatic N) is 1. The zero-order valence-corrected chi connectivity index (χ0v) is 11.4. The first kappa shape index (κ1) is 14.8. The van der Waals surface area contributed by atoms with Crippen molar-refractivity contribution in [3.05, 3.63) is 35.6 Å². The number of carbonyl (C=O) groups excluding carboxylic acids is 1. The zero-order chi connectivity index (χ0) is 13.5. The van der Waals surface area contributed by atoms with Crippen LogP contribution in [-0.2, 0) is 11.2 Å². The minimum Gasteiger partial charge on any atom is -0.298 e. The summed E-state index contributed by atoms with van der Waals surface area (Å²) in [5.74, 6) is -0.223. The van der Waals surface area contributed by atoms with Crippen LogP contribution in [0.1, 0.15) is 32.8 Å². The molecule has 0 N–H and O–H groups in total. The maximum absolute atomic E-state index is 13.4. The number of Topliss-reactive ketones (excluding diaryl/α,β-unsaturated/α-hetero) is 1. The molecule has 0 atom stereocenters. The Morgan fingerprint density at radius 2 is 2.00 bits per heavy atom. The van der Waals surface area contributed by atoms with E-state index in [2.05, 4.69) is 25.7 Å². The van der Waals surface area contributed by atoms with Gasteiger partial charge in [-0.15, -0.1) is 0 Å². The van der Waals surface area contributed by atoms with Crippen LogP contribution in [-0.4, -0.2) is 29.8 Å². The Bertz CT molecular complexity index is 390. The summed E-state index contributed by atoms with van der Waals surface area (Å²) in [6.45, 7) is 7.55. The summed E-state index contributed by atoms with van der Waals surface area (Å²) in [7, 11) is 0. The van der Waals surface area contributed by atoms with Crippen molar-refractivity contribution in [3.8, 4) is 0 Å². The molecule has 0 unspecified atom stereocenters. The van der Waals surface area contributed by atoms with Crippen LogP contribution in [0.4, 0.5) is 4.39 Å². The van der Waals surface area contributed by atoms with Crippen LogP contribution in [0.2, 0.25) is 0 Å². The van der Waals surface area contributed by atoms with Crippen LogP contribution in [0.5, 0.6) is 0 Å². The van der Waals surface area contributed by atoms with Crippen molar-refractivity contribution in [2.24, 2.45) is 0 Å². The van der Waals surface area contributed by atoms with Crippen LogP contribution in [0.3, 0.4) is 0 Å². The van der Waals surface area contributed by atoms with Gasteiger partial charge in [0.25, 0.3) is 0 Å². The lowest BCUT2D eigenvalue weighted by Crippen LogP contribution is -2.36. The summed E-state index contributed by atoms with van der Waals surface area (Å²) in [5.41, 5.74) is 0.489. The Morgan fingerprint density at radius 3 is 2.56 bits per heavy atom. The molecule has 0 aliphatic carbocycles. The first-order valence-electron chi connectivity index (χ1n) is 6.53. The second-order valence-electron chi connectivity index (χ2n) is 4.87. The molecule has 0 aliphatic heterocycles. The SMILES string of the molecule is CCCN(CC(=O)Cc1ccccc1F)C(C)C. The number of rotatable bonds is 7. The molecule has 0 aromatic heterocycles. The molecular weight excluding hydrogens is 229 g/mol. The topological polar surface area (TPSA) is 20.3 Å². The van der Waals surface area contributed by atoms with Gasteiger partial charge < -0.3 is 0 Å². The number of benzene rings is 1. The fraction of sp³-hybridized carbons (Fsp3) is 0.533. The molecule has 1 aromatic rings. The molecule has 18 heavy (non-hydrogen) atoms. The summed E-state index contributed by atoms with van der Waals surface area (Å²) < 4.78 is 13.4. The lowest BCUT2D eigenvalue weighted by molar-refractivity contribution is -0.120. The number of hydrogen-bond acceptors (Lipinski definition) is 2. The van der Waals surface area contributed by atoms with Crippen molar-refractivity contribution in [1.82, 2.24) is 4.90 Å². The van der Waals surface area contributed by atoms with Crippen LogP contribution in [0.25, 0.3) is 0 Å². The molecule has 0 saturated heterocycles. The molecular formula is C15H22FNO. The number of halogens is 1. The van der Waals surface area contributed by atoms with E-state index in [1.54, 1.807) is 18.2 Å². The summed E-state index contributed by atoms with van der Waals surface area (Å²) in [6.07, 6.45) is 1.20. The lowest BCUT2D eigenvalue weighted by atomic mass is 10.1. The minimum atomic E-state index is -0.294. The third kappa shape index (κ3) is 4.57. The molecule has 0 aliphatic rings. The van der Waals surface area contributed by atoms with Crippen LogP contribution in [0, 0.1) is 5.82 Å². The van der Waals surface area contributed by atoms with E-state index in [-0.39, 0.29) is 18.0 Å². The molecule has 2 nitrogen and oxygen atoms in total. The Labute approximate surface area is 109 Å². The predicted molar refractivity (Wildman–Crippen MR) is 72.1 cm³/mol. The van der Waals surface area contributed by atoms with Gasteiger partial charge in [0.05, 0.1) is 6.54 Å². The number of carbonyl (C=O) groups is 1. The molecule has 0 spiro atoms. The van der Waals surface area contributed by atoms with Crippen molar-refractivity contribution in [2.75, 3.05) is 13.1 Å². The van der Waals surface area contributed by atoms with Crippen molar-refractivity contribution < 1.29 is 9.18 Å². The first-order valence-corrected chi connectivity index (χ1v) is 6.53. The van der Waals surface area contributed by atoms with Crippen molar-refractivity contribution in [3.63, 3.8) is 0 Å². The highest BCUT2D eigenvalue weighted by Gasteiger charge is 2.14. The van der Waals surface area contributed by atoms with Gasteiger partial charge in [-0.05, 0) is 38.4 Å². The molecule has 0 amide bonds. The molecule has 0 bridgehead atoms. The normalized spacial score (nSPS) is 11.2. The maximum atomic E-state index is 13.4. The van der Waals surface area contributed by atoms with Crippen LogP contribution in [0.15, 0.2) is 24.3 Å². The second kappa shape index (κ2) is 7.27. The average molecular weight is 251 g/mol. The van der Waals surface area contributed by atoms with E-state index in [0.29, 0.717) is 18.2 Å². The first-order chi connectivity index (χ1) is 8.54. The highest BCUT2D eigenvalue weighted by atomic mass is 19.1. The van der Waals surface area contributed by atoms with E-state index >= 15 is 0 Å². The Kier molecular flexibility index (Phi) is 5.99. The summed E-state index contributed by atoms with van der Waals surface area (Å²) >= 11 is 0. The summed E-state index contributed by atoms with van der Waals surface area (Å²) in [5, 5.41) is 0. The van der Waals surface area contributed by atoms with Crippen molar-refractivity contribution >= 4 is 5.78 Å². The fourth-order valence-electron chi connectivity index (χ4n) is 1.94. The molecule has 3 heteroatoms. The molecule has 0 radical (unpaired) electrons. The van der Waals surface area contributed by atoms with Gasteiger partial charge in [-0.3, -0.25) is 9.69 Å².